The molecule has 0 saturated heterocycles. The van der Waals surface area contributed by atoms with Crippen LogP contribution in [0.4, 0.5) is 0 Å². The summed E-state index contributed by atoms with van der Waals surface area (Å²) in [5.41, 5.74) is 1.66. The average molecular weight is 178 g/mol. The van der Waals surface area contributed by atoms with Gasteiger partial charge in [0.2, 0.25) is 0 Å². The molecule has 0 aromatic rings. The molecular formula is C13H22. The zero-order chi connectivity index (χ0) is 9.26. The normalized spacial score (nSPS) is 38.6. The first-order valence-electron chi connectivity index (χ1n) is 5.97. The molecule has 0 nitrogen and oxygen atoms in total. The fourth-order valence-electron chi connectivity index (χ4n) is 3.40. The van der Waals surface area contributed by atoms with Crippen molar-refractivity contribution in [3.63, 3.8) is 0 Å². The van der Waals surface area contributed by atoms with Gasteiger partial charge in [-0.1, -0.05) is 31.4 Å². The van der Waals surface area contributed by atoms with Gasteiger partial charge in [0.25, 0.3) is 0 Å². The van der Waals surface area contributed by atoms with Crippen LogP contribution in [0.2, 0.25) is 0 Å². The molecule has 2 rings (SSSR count). The van der Waals surface area contributed by atoms with Crippen LogP contribution in [0.15, 0.2) is 11.6 Å². The summed E-state index contributed by atoms with van der Waals surface area (Å²) in [6.45, 7) is 4.65. The molecule has 0 aromatic carbocycles. The van der Waals surface area contributed by atoms with Gasteiger partial charge in [-0.2, -0.15) is 0 Å². The van der Waals surface area contributed by atoms with Gasteiger partial charge in [0.15, 0.2) is 0 Å². The molecule has 1 saturated carbocycles. The maximum Gasteiger partial charge on any atom is -0.0289 e. The van der Waals surface area contributed by atoms with Gasteiger partial charge >= 0.3 is 0 Å². The van der Waals surface area contributed by atoms with Crippen LogP contribution in [0.5, 0.6) is 0 Å². The molecule has 3 unspecified atom stereocenters. The summed E-state index contributed by atoms with van der Waals surface area (Å²) < 4.78 is 0. The van der Waals surface area contributed by atoms with E-state index in [4.69, 9.17) is 0 Å². The fraction of sp³-hybridized carbons (Fsp3) is 0.846. The van der Waals surface area contributed by atoms with E-state index in [2.05, 4.69) is 19.9 Å². The highest BCUT2D eigenvalue weighted by atomic mass is 14.4. The van der Waals surface area contributed by atoms with Crippen molar-refractivity contribution < 1.29 is 0 Å². The lowest BCUT2D eigenvalue weighted by atomic mass is 9.77. The van der Waals surface area contributed by atoms with E-state index in [0.717, 1.165) is 17.8 Å². The van der Waals surface area contributed by atoms with Gasteiger partial charge in [-0.15, -0.1) is 0 Å². The molecule has 1 fully saturated rings. The lowest BCUT2D eigenvalue weighted by molar-refractivity contribution is 0.283. The highest BCUT2D eigenvalue weighted by Gasteiger charge is 2.36. The predicted molar refractivity (Wildman–Crippen MR) is 57.6 cm³/mol. The molecule has 0 amide bonds. The molecule has 74 valence electrons. The zero-order valence-corrected chi connectivity index (χ0v) is 9.05. The number of fused-ring (bicyclic) bond motifs is 1. The number of rotatable bonds is 2. The van der Waals surface area contributed by atoms with E-state index >= 15 is 0 Å². The predicted octanol–water partition coefficient (Wildman–Crippen LogP) is 4.17. The molecule has 2 aliphatic rings. The first kappa shape index (κ1) is 9.30. The Kier molecular flexibility index (Phi) is 2.76. The van der Waals surface area contributed by atoms with E-state index in [1.807, 2.05) is 0 Å². The Bertz CT molecular complexity index is 202. The minimum absolute atomic E-state index is 1.06. The summed E-state index contributed by atoms with van der Waals surface area (Å²) in [6, 6.07) is 0. The molecule has 0 spiro atoms. The van der Waals surface area contributed by atoms with Crippen LogP contribution in [0, 0.1) is 17.8 Å². The molecule has 0 aliphatic heterocycles. The third-order valence-electron chi connectivity index (χ3n) is 4.11. The Labute approximate surface area is 82.4 Å². The number of allylic oxidation sites excluding steroid dienone is 2. The SMILES string of the molecule is CCCC1CCC2CC=C(C)CC21. The van der Waals surface area contributed by atoms with E-state index < -0.39 is 0 Å². The Hall–Kier alpha value is -0.260. The second-order valence-corrected chi connectivity index (χ2v) is 5.04. The molecular weight excluding hydrogens is 156 g/mol. The van der Waals surface area contributed by atoms with E-state index in [1.165, 1.54) is 38.5 Å². The molecule has 0 radical (unpaired) electrons. The van der Waals surface area contributed by atoms with Gasteiger partial charge in [0.1, 0.15) is 0 Å². The summed E-state index contributed by atoms with van der Waals surface area (Å²) in [7, 11) is 0. The second kappa shape index (κ2) is 3.86. The highest BCUT2D eigenvalue weighted by molar-refractivity contribution is 5.08. The Balaban J connectivity index is 2.01. The number of hydrogen-bond donors (Lipinski definition) is 0. The van der Waals surface area contributed by atoms with Crippen LogP contribution in [0.25, 0.3) is 0 Å². The van der Waals surface area contributed by atoms with E-state index in [-0.39, 0.29) is 0 Å². The van der Waals surface area contributed by atoms with Gasteiger partial charge in [-0.25, -0.2) is 0 Å². The van der Waals surface area contributed by atoms with E-state index in [0.29, 0.717) is 0 Å². The summed E-state index contributed by atoms with van der Waals surface area (Å²) in [4.78, 5) is 0. The smallest absolute Gasteiger partial charge is 0.0289 e. The summed E-state index contributed by atoms with van der Waals surface area (Å²) in [5, 5.41) is 0. The first-order valence-corrected chi connectivity index (χ1v) is 5.97. The standard InChI is InChI=1S/C13H22/c1-3-4-11-7-8-12-6-5-10(2)9-13(11)12/h5,11-13H,3-4,6-9H2,1-2H3. The minimum Gasteiger partial charge on any atom is -0.0853 e. The second-order valence-electron chi connectivity index (χ2n) is 5.04. The van der Waals surface area contributed by atoms with Gasteiger partial charge in [-0.05, 0) is 50.4 Å². The van der Waals surface area contributed by atoms with Crippen molar-refractivity contribution in [2.75, 3.05) is 0 Å². The largest absolute Gasteiger partial charge is 0.0853 e. The Morgan fingerprint density at radius 3 is 3.00 bits per heavy atom. The minimum atomic E-state index is 1.06. The molecule has 0 aromatic heterocycles. The van der Waals surface area contributed by atoms with Gasteiger partial charge in [0.05, 0.1) is 0 Å². The van der Waals surface area contributed by atoms with Crippen LogP contribution in [0.1, 0.15) is 52.4 Å². The molecule has 0 heteroatoms. The molecule has 0 bridgehead atoms. The summed E-state index contributed by atoms with van der Waals surface area (Å²) in [5.74, 6) is 3.18. The lowest BCUT2D eigenvalue weighted by Gasteiger charge is -2.28. The molecule has 3 atom stereocenters. The highest BCUT2D eigenvalue weighted by Crippen LogP contribution is 2.46. The third-order valence-corrected chi connectivity index (χ3v) is 4.11. The van der Waals surface area contributed by atoms with Crippen molar-refractivity contribution in [2.45, 2.75) is 52.4 Å². The van der Waals surface area contributed by atoms with E-state index in [1.54, 1.807) is 5.57 Å². The van der Waals surface area contributed by atoms with Crippen molar-refractivity contribution in [3.05, 3.63) is 11.6 Å². The fourth-order valence-corrected chi connectivity index (χ4v) is 3.40. The van der Waals surface area contributed by atoms with Crippen molar-refractivity contribution in [1.82, 2.24) is 0 Å². The van der Waals surface area contributed by atoms with Crippen LogP contribution in [-0.4, -0.2) is 0 Å². The summed E-state index contributed by atoms with van der Waals surface area (Å²) in [6.07, 6.45) is 11.2. The van der Waals surface area contributed by atoms with Crippen molar-refractivity contribution in [3.8, 4) is 0 Å². The van der Waals surface area contributed by atoms with Crippen molar-refractivity contribution in [2.24, 2.45) is 17.8 Å². The summed E-state index contributed by atoms with van der Waals surface area (Å²) >= 11 is 0. The maximum absolute atomic E-state index is 2.48. The van der Waals surface area contributed by atoms with Gasteiger partial charge < -0.3 is 0 Å². The number of hydrogen-bond acceptors (Lipinski definition) is 0. The topological polar surface area (TPSA) is 0 Å². The molecule has 0 heterocycles. The lowest BCUT2D eigenvalue weighted by Crippen LogP contribution is -2.18. The third kappa shape index (κ3) is 1.82. The maximum atomic E-state index is 2.48. The monoisotopic (exact) mass is 178 g/mol. The van der Waals surface area contributed by atoms with Crippen molar-refractivity contribution >= 4 is 0 Å². The van der Waals surface area contributed by atoms with Gasteiger partial charge in [0, 0.05) is 0 Å². The van der Waals surface area contributed by atoms with Crippen LogP contribution in [-0.2, 0) is 0 Å². The average Bonchev–Trinajstić information content (AvgIpc) is 2.49. The molecule has 2 aliphatic carbocycles. The zero-order valence-electron chi connectivity index (χ0n) is 9.05. The Morgan fingerprint density at radius 1 is 1.38 bits per heavy atom. The van der Waals surface area contributed by atoms with E-state index in [9.17, 15) is 0 Å². The van der Waals surface area contributed by atoms with Gasteiger partial charge in [-0.3, -0.25) is 0 Å². The van der Waals surface area contributed by atoms with Crippen LogP contribution < -0.4 is 0 Å². The Morgan fingerprint density at radius 2 is 2.23 bits per heavy atom. The molecule has 0 N–H and O–H groups in total. The molecule has 13 heavy (non-hydrogen) atoms. The van der Waals surface area contributed by atoms with Crippen LogP contribution in [0.3, 0.4) is 0 Å². The van der Waals surface area contributed by atoms with Crippen molar-refractivity contribution in [1.29, 1.82) is 0 Å². The quantitative estimate of drug-likeness (QED) is 0.557. The van der Waals surface area contributed by atoms with Crippen LogP contribution >= 0.6 is 0 Å². The first-order chi connectivity index (χ1) is 6.31.